The van der Waals surface area contributed by atoms with Crippen LogP contribution < -0.4 is 5.32 Å². The number of rotatable bonds is 7. The summed E-state index contributed by atoms with van der Waals surface area (Å²) >= 11 is 0. The van der Waals surface area contributed by atoms with E-state index in [1.54, 1.807) is 0 Å². The molecule has 126 valence electrons. The average molecular weight is 357 g/mol. The van der Waals surface area contributed by atoms with Crippen molar-refractivity contribution >= 4 is 36.9 Å². The minimum Gasteiger partial charge on any atom is -0.739 e. The minimum atomic E-state index is -4.35. The van der Waals surface area contributed by atoms with E-state index in [-0.39, 0.29) is 29.2 Å². The molecule has 1 aromatic carbocycles. The lowest BCUT2D eigenvalue weighted by Gasteiger charge is -2.14. The Hall–Kier alpha value is -1.71. The van der Waals surface area contributed by atoms with Crippen molar-refractivity contribution in [2.24, 2.45) is 0 Å². The van der Waals surface area contributed by atoms with Crippen LogP contribution in [0.1, 0.15) is 12.5 Å². The summed E-state index contributed by atoms with van der Waals surface area (Å²) in [6, 6.07) is 7.73. The molecule has 2 N–H and O–H groups in total. The first-order valence-corrected chi connectivity index (χ1v) is 9.85. The van der Waals surface area contributed by atoms with Crippen molar-refractivity contribution in [1.82, 2.24) is 10.3 Å². The van der Waals surface area contributed by atoms with Gasteiger partial charge in [-0.1, -0.05) is 18.2 Å². The number of para-hydroxylation sites is 1. The molecule has 0 bridgehead atoms. The number of aromatic nitrogens is 1. The van der Waals surface area contributed by atoms with Crippen LogP contribution in [-0.2, 0) is 20.3 Å². The van der Waals surface area contributed by atoms with Crippen molar-refractivity contribution in [3.63, 3.8) is 0 Å². The molecule has 0 aliphatic rings. The third-order valence-electron chi connectivity index (χ3n) is 3.11. The highest BCUT2D eigenvalue weighted by Gasteiger charge is 2.12. The summed E-state index contributed by atoms with van der Waals surface area (Å²) in [4.78, 5) is 14.8. The standard InChI is InChI=1S/C14H18N2O5S2/c1-10(16-14(17)21-6-7-22-23(18,19)20)8-11-9-15-13-5-3-2-4-12(11)13/h2-5,9-10,15H,6-8H2,1H3,(H,16,17)(H,18,19,20)/p-1. The highest BCUT2D eigenvalue weighted by molar-refractivity contribution is 8.69. The van der Waals surface area contributed by atoms with Gasteiger partial charge in [0.2, 0.25) is 0 Å². The second kappa shape index (κ2) is 7.71. The lowest BCUT2D eigenvalue weighted by Crippen LogP contribution is -2.34. The number of alkyl carbamates (subject to hydrolysis) is 1. The summed E-state index contributed by atoms with van der Waals surface area (Å²) < 4.78 is 36.0. The SMILES string of the molecule is CC(Cc1c[nH]c2ccccc12)NC(=O)OCCSS(=O)(=O)[O-]. The molecular weight excluding hydrogens is 340 g/mol. The first kappa shape index (κ1) is 17.6. The van der Waals surface area contributed by atoms with Gasteiger partial charge in [0.1, 0.15) is 15.8 Å². The van der Waals surface area contributed by atoms with Crippen LogP contribution in [0.5, 0.6) is 0 Å². The van der Waals surface area contributed by atoms with Crippen LogP contribution in [0.25, 0.3) is 10.9 Å². The Bertz CT molecular complexity index is 772. The Morgan fingerprint density at radius 3 is 2.91 bits per heavy atom. The lowest BCUT2D eigenvalue weighted by atomic mass is 10.1. The van der Waals surface area contributed by atoms with Gasteiger partial charge in [0.25, 0.3) is 0 Å². The summed E-state index contributed by atoms with van der Waals surface area (Å²) in [5, 5.41) is 3.77. The van der Waals surface area contributed by atoms with Gasteiger partial charge >= 0.3 is 6.09 Å². The quantitative estimate of drug-likeness (QED) is 0.445. The fraction of sp³-hybridized carbons (Fsp3) is 0.357. The fourth-order valence-corrected chi connectivity index (χ4v) is 3.37. The third kappa shape index (κ3) is 5.77. The molecule has 0 aliphatic carbocycles. The van der Waals surface area contributed by atoms with Crippen LogP contribution in [-0.4, -0.2) is 42.4 Å². The van der Waals surface area contributed by atoms with Crippen molar-refractivity contribution in [2.45, 2.75) is 19.4 Å². The summed E-state index contributed by atoms with van der Waals surface area (Å²) in [5.41, 5.74) is 2.12. The highest BCUT2D eigenvalue weighted by Crippen LogP contribution is 2.19. The van der Waals surface area contributed by atoms with Crippen LogP contribution in [0.3, 0.4) is 0 Å². The van der Waals surface area contributed by atoms with Gasteiger partial charge in [-0.15, -0.1) is 0 Å². The normalized spacial score (nSPS) is 13.0. The van der Waals surface area contributed by atoms with Gasteiger partial charge in [0, 0.05) is 28.9 Å². The molecule has 1 heterocycles. The zero-order chi connectivity index (χ0) is 16.9. The van der Waals surface area contributed by atoms with Crippen molar-refractivity contribution in [3.05, 3.63) is 36.0 Å². The molecule has 23 heavy (non-hydrogen) atoms. The maximum atomic E-state index is 11.6. The monoisotopic (exact) mass is 357 g/mol. The highest BCUT2D eigenvalue weighted by atomic mass is 33.1. The van der Waals surface area contributed by atoms with Crippen molar-refractivity contribution in [2.75, 3.05) is 12.4 Å². The topological polar surface area (TPSA) is 111 Å². The first-order chi connectivity index (χ1) is 10.8. The third-order valence-corrected chi connectivity index (χ3v) is 5.10. The molecular formula is C14H17N2O5S2-. The van der Waals surface area contributed by atoms with E-state index in [1.807, 2.05) is 37.4 Å². The molecule has 0 saturated carbocycles. The molecule has 9 heteroatoms. The largest absolute Gasteiger partial charge is 0.739 e. The number of carbonyl (C=O) groups excluding carboxylic acids is 1. The molecule has 2 rings (SSSR count). The van der Waals surface area contributed by atoms with Gasteiger partial charge in [-0.2, -0.15) is 0 Å². The number of nitrogens with one attached hydrogen (secondary N) is 2. The number of fused-ring (bicyclic) bond motifs is 1. The maximum absolute atomic E-state index is 11.6. The number of aromatic amines is 1. The molecule has 1 aromatic heterocycles. The van der Waals surface area contributed by atoms with Gasteiger partial charge in [-0.05, 0) is 35.8 Å². The van der Waals surface area contributed by atoms with E-state index < -0.39 is 15.2 Å². The summed E-state index contributed by atoms with van der Waals surface area (Å²) in [5.74, 6) is -0.0872. The minimum absolute atomic E-state index is 0.0872. The molecule has 1 amide bonds. The first-order valence-electron chi connectivity index (χ1n) is 6.93. The Balaban J connectivity index is 1.78. The molecule has 0 aliphatic heterocycles. The van der Waals surface area contributed by atoms with E-state index in [2.05, 4.69) is 10.3 Å². The molecule has 0 saturated heterocycles. The predicted octanol–water partition coefficient (Wildman–Crippen LogP) is 2.02. The average Bonchev–Trinajstić information content (AvgIpc) is 2.86. The molecule has 0 spiro atoms. The van der Waals surface area contributed by atoms with E-state index in [4.69, 9.17) is 4.74 Å². The summed E-state index contributed by atoms with van der Waals surface area (Å²) in [7, 11) is -4.14. The smallest absolute Gasteiger partial charge is 0.407 e. The zero-order valence-electron chi connectivity index (χ0n) is 12.4. The molecule has 0 fully saturated rings. The number of H-pyrrole nitrogens is 1. The van der Waals surface area contributed by atoms with E-state index in [0.717, 1.165) is 16.5 Å². The molecule has 0 radical (unpaired) electrons. The van der Waals surface area contributed by atoms with Gasteiger partial charge in [-0.3, -0.25) is 0 Å². The van der Waals surface area contributed by atoms with Crippen molar-refractivity contribution < 1.29 is 22.5 Å². The molecule has 7 nitrogen and oxygen atoms in total. The summed E-state index contributed by atoms with van der Waals surface area (Å²) in [6.07, 6.45) is 1.90. The van der Waals surface area contributed by atoms with E-state index in [9.17, 15) is 17.8 Å². The second-order valence-electron chi connectivity index (χ2n) is 4.98. The summed E-state index contributed by atoms with van der Waals surface area (Å²) in [6.45, 7) is 1.71. The molecule has 1 unspecified atom stereocenters. The number of hydrogen-bond acceptors (Lipinski definition) is 6. The van der Waals surface area contributed by atoms with Gasteiger partial charge in [0.05, 0.1) is 0 Å². The van der Waals surface area contributed by atoms with Crippen LogP contribution in [0.2, 0.25) is 0 Å². The molecule has 1 atom stereocenters. The zero-order valence-corrected chi connectivity index (χ0v) is 14.1. The van der Waals surface area contributed by atoms with Crippen LogP contribution in [0.15, 0.2) is 30.5 Å². The number of hydrogen-bond donors (Lipinski definition) is 2. The predicted molar refractivity (Wildman–Crippen MR) is 88.1 cm³/mol. The Kier molecular flexibility index (Phi) is 5.91. The van der Waals surface area contributed by atoms with E-state index in [1.165, 1.54) is 0 Å². The number of amides is 1. The van der Waals surface area contributed by atoms with E-state index >= 15 is 0 Å². The molecule has 2 aromatic rings. The van der Waals surface area contributed by atoms with Crippen LogP contribution in [0.4, 0.5) is 4.79 Å². The Morgan fingerprint density at radius 2 is 2.17 bits per heavy atom. The second-order valence-corrected chi connectivity index (χ2v) is 8.37. The van der Waals surface area contributed by atoms with Crippen LogP contribution in [0, 0.1) is 0 Å². The van der Waals surface area contributed by atoms with Crippen molar-refractivity contribution in [3.8, 4) is 0 Å². The van der Waals surface area contributed by atoms with Gasteiger partial charge < -0.3 is 19.6 Å². The Labute approximate surface area is 137 Å². The number of benzene rings is 1. The van der Waals surface area contributed by atoms with E-state index in [0.29, 0.717) is 6.42 Å². The Morgan fingerprint density at radius 1 is 1.43 bits per heavy atom. The number of ether oxygens (including phenoxy) is 1. The lowest BCUT2D eigenvalue weighted by molar-refractivity contribution is 0.150. The maximum Gasteiger partial charge on any atom is 0.407 e. The van der Waals surface area contributed by atoms with Gasteiger partial charge in [0.15, 0.2) is 0 Å². The van der Waals surface area contributed by atoms with Crippen LogP contribution >= 0.6 is 10.8 Å². The van der Waals surface area contributed by atoms with Gasteiger partial charge in [-0.25, -0.2) is 13.2 Å². The fourth-order valence-electron chi connectivity index (χ4n) is 2.19. The number of carbonyl (C=O) groups is 1. The van der Waals surface area contributed by atoms with Crippen molar-refractivity contribution in [1.29, 1.82) is 0 Å².